The fourth-order valence-electron chi connectivity index (χ4n) is 2.58. The third kappa shape index (κ3) is 4.59. The maximum atomic E-state index is 12.5. The number of cyclic esters (lactones) is 1. The summed E-state index contributed by atoms with van der Waals surface area (Å²) < 4.78 is 15.7. The fourth-order valence-corrected chi connectivity index (χ4v) is 2.58. The summed E-state index contributed by atoms with van der Waals surface area (Å²) in [5, 5.41) is 0. The van der Waals surface area contributed by atoms with Gasteiger partial charge in [-0.2, -0.15) is 0 Å². The van der Waals surface area contributed by atoms with E-state index in [9.17, 15) is 14.4 Å². The van der Waals surface area contributed by atoms with E-state index < -0.39 is 29.9 Å². The summed E-state index contributed by atoms with van der Waals surface area (Å²) in [6.45, 7) is 4.38. The third-order valence-electron chi connectivity index (χ3n) is 4.02. The van der Waals surface area contributed by atoms with Crippen molar-refractivity contribution < 1.29 is 28.6 Å². The van der Waals surface area contributed by atoms with E-state index in [2.05, 4.69) is 0 Å². The van der Waals surface area contributed by atoms with Gasteiger partial charge < -0.3 is 14.2 Å². The molecule has 0 saturated heterocycles. The molecule has 0 spiro atoms. The number of hydrogen-bond donors (Lipinski definition) is 0. The normalized spacial score (nSPS) is 15.6. The van der Waals surface area contributed by atoms with Crippen LogP contribution in [0, 0.1) is 5.92 Å². The molecule has 0 aromatic heterocycles. The van der Waals surface area contributed by atoms with Gasteiger partial charge in [0.1, 0.15) is 0 Å². The lowest BCUT2D eigenvalue weighted by atomic mass is 9.94. The van der Waals surface area contributed by atoms with Crippen LogP contribution in [0.1, 0.15) is 61.6 Å². The Morgan fingerprint density at radius 1 is 1.04 bits per heavy atom. The molecule has 1 aliphatic heterocycles. The zero-order valence-corrected chi connectivity index (χ0v) is 14.7. The van der Waals surface area contributed by atoms with Crippen LogP contribution in [-0.2, 0) is 23.8 Å². The Kier molecular flexibility index (Phi) is 6.98. The molecule has 0 saturated carbocycles. The van der Waals surface area contributed by atoms with Crippen LogP contribution in [0.15, 0.2) is 24.3 Å². The molecule has 136 valence electrons. The second-order valence-electron chi connectivity index (χ2n) is 5.93. The number of rotatable bonds is 9. The SMILES string of the molecule is CCCCOC(=O)C(C(=O)OCCCC)C1OC(=O)c2ccccc21. The molecule has 1 unspecified atom stereocenters. The van der Waals surface area contributed by atoms with Gasteiger partial charge in [0, 0.05) is 5.56 Å². The number of carbonyl (C=O) groups is 3. The van der Waals surface area contributed by atoms with E-state index in [0.717, 1.165) is 12.8 Å². The molecule has 6 heteroatoms. The summed E-state index contributed by atoms with van der Waals surface area (Å²) in [6.07, 6.45) is 2.11. The van der Waals surface area contributed by atoms with Gasteiger partial charge in [0.2, 0.25) is 0 Å². The third-order valence-corrected chi connectivity index (χ3v) is 4.02. The highest BCUT2D eigenvalue weighted by Gasteiger charge is 2.46. The van der Waals surface area contributed by atoms with E-state index in [-0.39, 0.29) is 13.2 Å². The van der Waals surface area contributed by atoms with Crippen LogP contribution in [0.25, 0.3) is 0 Å². The Balaban J connectivity index is 2.21. The quantitative estimate of drug-likeness (QED) is 0.295. The van der Waals surface area contributed by atoms with Crippen LogP contribution in [0.3, 0.4) is 0 Å². The molecule has 0 fully saturated rings. The molecule has 0 amide bonds. The van der Waals surface area contributed by atoms with Gasteiger partial charge in [-0.25, -0.2) is 4.79 Å². The molecule has 1 aromatic rings. The standard InChI is InChI=1S/C19H24O6/c1-3-5-11-23-18(21)15(19(22)24-12-6-4-2)16-13-9-7-8-10-14(13)17(20)25-16/h7-10,15-16H,3-6,11-12H2,1-2H3. The molecule has 1 aliphatic rings. The summed E-state index contributed by atoms with van der Waals surface area (Å²) in [5.74, 6) is -3.29. The topological polar surface area (TPSA) is 78.9 Å². The Labute approximate surface area is 147 Å². The summed E-state index contributed by atoms with van der Waals surface area (Å²) in [6, 6.07) is 6.72. The Bertz CT molecular complexity index is 602. The van der Waals surface area contributed by atoms with Gasteiger partial charge in [-0.3, -0.25) is 9.59 Å². The Hall–Kier alpha value is -2.37. The van der Waals surface area contributed by atoms with Crippen molar-refractivity contribution in [1.29, 1.82) is 0 Å². The molecule has 0 radical (unpaired) electrons. The number of unbranched alkanes of at least 4 members (excludes halogenated alkanes) is 2. The average molecular weight is 348 g/mol. The number of esters is 3. The predicted molar refractivity (Wildman–Crippen MR) is 89.8 cm³/mol. The van der Waals surface area contributed by atoms with Crippen molar-refractivity contribution in [2.45, 2.75) is 45.6 Å². The van der Waals surface area contributed by atoms with Crippen molar-refractivity contribution in [2.24, 2.45) is 5.92 Å². The Morgan fingerprint density at radius 3 is 2.16 bits per heavy atom. The second kappa shape index (κ2) is 9.20. The summed E-state index contributed by atoms with van der Waals surface area (Å²) in [5.41, 5.74) is 0.873. The van der Waals surface area contributed by atoms with Gasteiger partial charge in [0.05, 0.1) is 18.8 Å². The first kappa shape index (κ1) is 19.0. The summed E-state index contributed by atoms with van der Waals surface area (Å²) in [7, 11) is 0. The lowest BCUT2D eigenvalue weighted by Crippen LogP contribution is -2.34. The van der Waals surface area contributed by atoms with E-state index >= 15 is 0 Å². The van der Waals surface area contributed by atoms with Crippen LogP contribution >= 0.6 is 0 Å². The van der Waals surface area contributed by atoms with Gasteiger partial charge >= 0.3 is 17.9 Å². The van der Waals surface area contributed by atoms with Gasteiger partial charge in [0.15, 0.2) is 12.0 Å². The lowest BCUT2D eigenvalue weighted by molar-refractivity contribution is -0.167. The number of carbonyl (C=O) groups excluding carboxylic acids is 3. The van der Waals surface area contributed by atoms with Crippen molar-refractivity contribution in [3.8, 4) is 0 Å². The van der Waals surface area contributed by atoms with E-state index in [0.29, 0.717) is 24.0 Å². The van der Waals surface area contributed by atoms with Gasteiger partial charge in [0.25, 0.3) is 0 Å². The monoisotopic (exact) mass is 348 g/mol. The molecule has 1 atom stereocenters. The molecule has 0 N–H and O–H groups in total. The maximum Gasteiger partial charge on any atom is 0.339 e. The first-order valence-corrected chi connectivity index (χ1v) is 8.73. The highest BCUT2D eigenvalue weighted by Crippen LogP contribution is 2.37. The molecule has 0 bridgehead atoms. The molecule has 1 aromatic carbocycles. The highest BCUT2D eigenvalue weighted by molar-refractivity contribution is 6.00. The molecular formula is C19H24O6. The lowest BCUT2D eigenvalue weighted by Gasteiger charge is -2.20. The van der Waals surface area contributed by atoms with Crippen molar-refractivity contribution in [3.63, 3.8) is 0 Å². The first-order chi connectivity index (χ1) is 12.1. The van der Waals surface area contributed by atoms with Crippen molar-refractivity contribution >= 4 is 17.9 Å². The van der Waals surface area contributed by atoms with Gasteiger partial charge in [-0.05, 0) is 18.9 Å². The predicted octanol–water partition coefficient (Wildman–Crippen LogP) is 3.20. The number of fused-ring (bicyclic) bond motifs is 1. The zero-order valence-electron chi connectivity index (χ0n) is 14.7. The molecular weight excluding hydrogens is 324 g/mol. The van der Waals surface area contributed by atoms with E-state index in [4.69, 9.17) is 14.2 Å². The van der Waals surface area contributed by atoms with Crippen molar-refractivity contribution in [2.75, 3.05) is 13.2 Å². The average Bonchev–Trinajstić information content (AvgIpc) is 2.93. The van der Waals surface area contributed by atoms with Crippen LogP contribution in [0.2, 0.25) is 0 Å². The minimum atomic E-state index is -1.30. The molecule has 2 rings (SSSR count). The maximum absolute atomic E-state index is 12.5. The van der Waals surface area contributed by atoms with Crippen molar-refractivity contribution in [1.82, 2.24) is 0 Å². The number of hydrogen-bond acceptors (Lipinski definition) is 6. The molecule has 6 nitrogen and oxygen atoms in total. The minimum Gasteiger partial charge on any atom is -0.465 e. The summed E-state index contributed by atoms with van der Waals surface area (Å²) >= 11 is 0. The van der Waals surface area contributed by atoms with Crippen LogP contribution in [-0.4, -0.2) is 31.1 Å². The zero-order chi connectivity index (χ0) is 18.2. The van der Waals surface area contributed by atoms with Gasteiger partial charge in [-0.15, -0.1) is 0 Å². The first-order valence-electron chi connectivity index (χ1n) is 8.73. The second-order valence-corrected chi connectivity index (χ2v) is 5.93. The fraction of sp³-hybridized carbons (Fsp3) is 0.526. The van der Waals surface area contributed by atoms with E-state index in [1.54, 1.807) is 24.3 Å². The molecule has 25 heavy (non-hydrogen) atoms. The van der Waals surface area contributed by atoms with Gasteiger partial charge in [-0.1, -0.05) is 44.9 Å². The molecule has 0 aliphatic carbocycles. The summed E-state index contributed by atoms with van der Waals surface area (Å²) in [4.78, 5) is 37.0. The smallest absolute Gasteiger partial charge is 0.339 e. The number of ether oxygens (including phenoxy) is 3. The van der Waals surface area contributed by atoms with E-state index in [1.807, 2.05) is 13.8 Å². The molecule has 1 heterocycles. The minimum absolute atomic E-state index is 0.219. The Morgan fingerprint density at radius 2 is 1.60 bits per heavy atom. The largest absolute Gasteiger partial charge is 0.465 e. The van der Waals surface area contributed by atoms with Crippen LogP contribution in [0.4, 0.5) is 0 Å². The van der Waals surface area contributed by atoms with Crippen molar-refractivity contribution in [3.05, 3.63) is 35.4 Å². The number of benzene rings is 1. The van der Waals surface area contributed by atoms with E-state index in [1.165, 1.54) is 0 Å². The van der Waals surface area contributed by atoms with Crippen LogP contribution in [0.5, 0.6) is 0 Å². The highest BCUT2D eigenvalue weighted by atomic mass is 16.6. The van der Waals surface area contributed by atoms with Crippen LogP contribution < -0.4 is 0 Å².